The number of benzene rings is 2. The number of rotatable bonds is 7. The number of methoxy groups -OCH3 is 3. The molecule has 3 rings (SSSR count). The minimum absolute atomic E-state index is 0.167. The third-order valence-electron chi connectivity index (χ3n) is 4.12. The van der Waals surface area contributed by atoms with Gasteiger partial charge in [-0.3, -0.25) is 0 Å². The van der Waals surface area contributed by atoms with Crippen LogP contribution < -0.4 is 14.2 Å². The van der Waals surface area contributed by atoms with Gasteiger partial charge in [-0.1, -0.05) is 0 Å². The van der Waals surface area contributed by atoms with Crippen LogP contribution >= 0.6 is 0 Å². The molecule has 1 aromatic heterocycles. The zero-order valence-electron chi connectivity index (χ0n) is 14.7. The van der Waals surface area contributed by atoms with Crippen LogP contribution in [0.5, 0.6) is 17.2 Å². The van der Waals surface area contributed by atoms with Crippen LogP contribution in [0.25, 0.3) is 22.3 Å². The van der Waals surface area contributed by atoms with E-state index in [9.17, 15) is 0 Å². The highest BCUT2D eigenvalue weighted by atomic mass is 16.5. The minimum Gasteiger partial charge on any atom is -0.497 e. The van der Waals surface area contributed by atoms with Crippen LogP contribution in [-0.2, 0) is 6.42 Å². The Bertz CT molecular complexity index is 844. The Kier molecular flexibility index (Phi) is 5.14. The fourth-order valence-corrected chi connectivity index (χ4v) is 2.85. The van der Waals surface area contributed by atoms with Gasteiger partial charge in [0, 0.05) is 23.6 Å². The SMILES string of the molecule is COc1cc(OC)cc(-c2cc3cc(CCCO)cc(OC)c3o2)c1. The number of hydrogen-bond acceptors (Lipinski definition) is 5. The molecule has 1 heterocycles. The summed E-state index contributed by atoms with van der Waals surface area (Å²) >= 11 is 0. The van der Waals surface area contributed by atoms with Crippen molar-refractivity contribution in [2.24, 2.45) is 0 Å². The van der Waals surface area contributed by atoms with E-state index in [2.05, 4.69) is 6.07 Å². The van der Waals surface area contributed by atoms with E-state index < -0.39 is 0 Å². The summed E-state index contributed by atoms with van der Waals surface area (Å²) in [5.41, 5.74) is 2.67. The molecule has 1 N–H and O–H groups in total. The van der Waals surface area contributed by atoms with Gasteiger partial charge in [-0.05, 0) is 48.7 Å². The molecule has 0 aliphatic carbocycles. The van der Waals surface area contributed by atoms with Gasteiger partial charge in [-0.2, -0.15) is 0 Å². The maximum Gasteiger partial charge on any atom is 0.176 e. The average molecular weight is 342 g/mol. The van der Waals surface area contributed by atoms with Gasteiger partial charge < -0.3 is 23.7 Å². The summed E-state index contributed by atoms with van der Waals surface area (Å²) in [6.07, 6.45) is 1.50. The van der Waals surface area contributed by atoms with Crippen molar-refractivity contribution in [1.29, 1.82) is 0 Å². The number of aliphatic hydroxyl groups is 1. The average Bonchev–Trinajstić information content (AvgIpc) is 3.09. The predicted molar refractivity (Wildman–Crippen MR) is 96.7 cm³/mol. The lowest BCUT2D eigenvalue weighted by Crippen LogP contribution is -1.91. The Hall–Kier alpha value is -2.66. The lowest BCUT2D eigenvalue weighted by Gasteiger charge is -2.06. The maximum atomic E-state index is 9.05. The Morgan fingerprint density at radius 2 is 1.60 bits per heavy atom. The molecule has 0 spiro atoms. The summed E-state index contributed by atoms with van der Waals surface area (Å²) in [5.74, 6) is 2.80. The number of aliphatic hydroxyl groups excluding tert-OH is 1. The molecule has 0 atom stereocenters. The number of furan rings is 1. The summed E-state index contributed by atoms with van der Waals surface area (Å²) in [7, 11) is 4.86. The van der Waals surface area contributed by atoms with Crippen molar-refractivity contribution in [2.45, 2.75) is 12.8 Å². The van der Waals surface area contributed by atoms with Crippen molar-refractivity contribution in [2.75, 3.05) is 27.9 Å². The van der Waals surface area contributed by atoms with Gasteiger partial charge in [0.15, 0.2) is 11.3 Å². The third-order valence-corrected chi connectivity index (χ3v) is 4.12. The molecule has 2 aromatic carbocycles. The first-order valence-electron chi connectivity index (χ1n) is 8.13. The van der Waals surface area contributed by atoms with Crippen molar-refractivity contribution >= 4 is 11.0 Å². The van der Waals surface area contributed by atoms with Crippen LogP contribution in [0, 0.1) is 0 Å². The molecule has 0 saturated carbocycles. The first-order chi connectivity index (χ1) is 12.2. The molecule has 0 aliphatic heterocycles. The molecule has 0 fully saturated rings. The lowest BCUT2D eigenvalue weighted by atomic mass is 10.1. The Morgan fingerprint density at radius 3 is 2.20 bits per heavy atom. The fraction of sp³-hybridized carbons (Fsp3) is 0.300. The van der Waals surface area contributed by atoms with E-state index in [-0.39, 0.29) is 6.61 Å². The molecule has 5 heteroatoms. The summed E-state index contributed by atoms with van der Waals surface area (Å²) in [6, 6.07) is 11.6. The van der Waals surface area contributed by atoms with E-state index in [0.29, 0.717) is 35.0 Å². The number of ether oxygens (including phenoxy) is 3. The maximum absolute atomic E-state index is 9.05. The fourth-order valence-electron chi connectivity index (χ4n) is 2.85. The standard InChI is InChI=1S/C20H22O5/c1-22-16-9-14(10-17(12-16)23-2)18-11-15-7-13(5-4-6-21)8-19(24-3)20(15)25-18/h7-12,21H,4-6H2,1-3H3. The van der Waals surface area contributed by atoms with E-state index >= 15 is 0 Å². The summed E-state index contributed by atoms with van der Waals surface area (Å²) in [6.45, 7) is 0.167. The van der Waals surface area contributed by atoms with Crippen LogP contribution in [0.3, 0.4) is 0 Å². The van der Waals surface area contributed by atoms with Crippen molar-refractivity contribution in [1.82, 2.24) is 0 Å². The van der Waals surface area contributed by atoms with Crippen molar-refractivity contribution in [3.63, 3.8) is 0 Å². The van der Waals surface area contributed by atoms with Gasteiger partial charge in [-0.15, -0.1) is 0 Å². The smallest absolute Gasteiger partial charge is 0.176 e. The van der Waals surface area contributed by atoms with Gasteiger partial charge in [0.2, 0.25) is 0 Å². The molecule has 0 saturated heterocycles. The second kappa shape index (κ2) is 7.49. The van der Waals surface area contributed by atoms with Crippen molar-refractivity contribution in [3.8, 4) is 28.6 Å². The highest BCUT2D eigenvalue weighted by molar-refractivity contribution is 5.88. The predicted octanol–water partition coefficient (Wildman–Crippen LogP) is 4.05. The minimum atomic E-state index is 0.167. The second-order valence-corrected chi connectivity index (χ2v) is 5.76. The molecule has 3 aromatic rings. The van der Waals surface area contributed by atoms with Gasteiger partial charge in [-0.25, -0.2) is 0 Å². The zero-order chi connectivity index (χ0) is 17.8. The lowest BCUT2D eigenvalue weighted by molar-refractivity contribution is 0.288. The van der Waals surface area contributed by atoms with E-state index in [1.165, 1.54) is 0 Å². The van der Waals surface area contributed by atoms with Gasteiger partial charge in [0.25, 0.3) is 0 Å². The highest BCUT2D eigenvalue weighted by Crippen LogP contribution is 2.37. The van der Waals surface area contributed by atoms with Crippen LogP contribution in [0.2, 0.25) is 0 Å². The molecule has 25 heavy (non-hydrogen) atoms. The van der Waals surface area contributed by atoms with Crippen LogP contribution in [0.1, 0.15) is 12.0 Å². The van der Waals surface area contributed by atoms with Gasteiger partial charge >= 0.3 is 0 Å². The first kappa shape index (κ1) is 17.2. The highest BCUT2D eigenvalue weighted by Gasteiger charge is 2.14. The molecule has 0 unspecified atom stereocenters. The molecular formula is C20H22O5. The monoisotopic (exact) mass is 342 g/mol. The molecule has 5 nitrogen and oxygen atoms in total. The number of hydrogen-bond donors (Lipinski definition) is 1. The van der Waals surface area contributed by atoms with E-state index in [0.717, 1.165) is 22.9 Å². The van der Waals surface area contributed by atoms with Gasteiger partial charge in [0.05, 0.1) is 21.3 Å². The molecule has 132 valence electrons. The topological polar surface area (TPSA) is 61.1 Å². The zero-order valence-corrected chi connectivity index (χ0v) is 14.7. The quantitative estimate of drug-likeness (QED) is 0.702. The molecule has 0 bridgehead atoms. The Morgan fingerprint density at radius 1 is 0.880 bits per heavy atom. The van der Waals surface area contributed by atoms with Gasteiger partial charge in [0.1, 0.15) is 17.3 Å². The Balaban J connectivity index is 2.09. The first-order valence-corrected chi connectivity index (χ1v) is 8.13. The number of aryl methyl sites for hydroxylation is 1. The molecular weight excluding hydrogens is 320 g/mol. The molecule has 0 radical (unpaired) electrons. The van der Waals surface area contributed by atoms with E-state index in [1.807, 2.05) is 30.3 Å². The third kappa shape index (κ3) is 3.56. The summed E-state index contributed by atoms with van der Waals surface area (Å²) < 4.78 is 22.2. The number of fused-ring (bicyclic) bond motifs is 1. The van der Waals surface area contributed by atoms with Crippen molar-refractivity contribution < 1.29 is 23.7 Å². The van der Waals surface area contributed by atoms with Crippen LogP contribution in [0.4, 0.5) is 0 Å². The Labute approximate surface area is 146 Å². The second-order valence-electron chi connectivity index (χ2n) is 5.76. The summed E-state index contributed by atoms with van der Waals surface area (Å²) in [5, 5.41) is 10.0. The normalized spacial score (nSPS) is 10.9. The van der Waals surface area contributed by atoms with E-state index in [4.69, 9.17) is 23.7 Å². The molecule has 0 aliphatic rings. The molecule has 0 amide bonds. The largest absolute Gasteiger partial charge is 0.497 e. The summed E-state index contributed by atoms with van der Waals surface area (Å²) in [4.78, 5) is 0. The van der Waals surface area contributed by atoms with E-state index in [1.54, 1.807) is 21.3 Å². The van der Waals surface area contributed by atoms with Crippen molar-refractivity contribution in [3.05, 3.63) is 42.0 Å². The van der Waals surface area contributed by atoms with Crippen LogP contribution in [0.15, 0.2) is 40.8 Å². The van der Waals surface area contributed by atoms with Crippen LogP contribution in [-0.4, -0.2) is 33.0 Å².